The number of benzene rings is 2. The van der Waals surface area contributed by atoms with E-state index in [2.05, 4.69) is 20.3 Å². The molecule has 160 valence electrons. The van der Waals surface area contributed by atoms with Gasteiger partial charge in [0.05, 0.1) is 17.5 Å². The van der Waals surface area contributed by atoms with Crippen LogP contribution >= 0.6 is 0 Å². The molecular weight excluding hydrogens is 404 g/mol. The Kier molecular flexibility index (Phi) is 6.31. The Morgan fingerprint density at radius 2 is 1.60 bits per heavy atom. The molecule has 1 aliphatic rings. The number of rotatable bonds is 6. The van der Waals surface area contributed by atoms with E-state index in [1.54, 1.807) is 0 Å². The fourth-order valence-corrected chi connectivity index (χ4v) is 4.12. The van der Waals surface area contributed by atoms with Gasteiger partial charge in [-0.05, 0) is 61.7 Å². The van der Waals surface area contributed by atoms with Gasteiger partial charge in [-0.15, -0.1) is 0 Å². The molecule has 3 rings (SSSR count). The molecule has 0 aromatic heterocycles. The highest BCUT2D eigenvalue weighted by Crippen LogP contribution is 2.28. The Morgan fingerprint density at radius 1 is 0.967 bits per heavy atom. The first-order valence-electron chi connectivity index (χ1n) is 9.69. The molecule has 1 heterocycles. The van der Waals surface area contributed by atoms with Crippen molar-refractivity contribution in [2.45, 2.75) is 26.7 Å². The molecular formula is C21H26N4O4S. The van der Waals surface area contributed by atoms with Crippen LogP contribution in [0.15, 0.2) is 36.4 Å². The minimum Gasteiger partial charge on any atom is -0.371 e. The Hall–Kier alpha value is -3.07. The number of hydrogen-bond acceptors (Lipinski definition) is 5. The number of nitrogens with one attached hydrogen (secondary N) is 3. The highest BCUT2D eigenvalue weighted by atomic mass is 32.2. The van der Waals surface area contributed by atoms with E-state index in [0.29, 0.717) is 11.4 Å². The standard InChI is InChI=1S/C21H26N4O4S/c1-14-12-16(7-9-20(14)25-10-4-5-11-25)23-21(27)18-13-17(22-15(2)26)6-8-19(18)24-30(3,28)29/h6-9,12-13,24H,4-5,10-11H2,1-3H3,(H,22,26)(H,23,27). The lowest BCUT2D eigenvalue weighted by Gasteiger charge is -2.21. The summed E-state index contributed by atoms with van der Waals surface area (Å²) in [5, 5.41) is 5.42. The number of aryl methyl sites for hydroxylation is 1. The summed E-state index contributed by atoms with van der Waals surface area (Å²) in [7, 11) is -3.59. The number of carbonyl (C=O) groups excluding carboxylic acids is 2. The molecule has 1 aliphatic heterocycles. The molecule has 0 spiro atoms. The molecule has 1 fully saturated rings. The number of hydrogen-bond donors (Lipinski definition) is 3. The Balaban J connectivity index is 1.87. The van der Waals surface area contributed by atoms with Crippen LogP contribution in [0.25, 0.3) is 0 Å². The van der Waals surface area contributed by atoms with Crippen molar-refractivity contribution in [3.63, 3.8) is 0 Å². The summed E-state index contributed by atoms with van der Waals surface area (Å²) in [6.45, 7) is 5.41. The number of nitrogens with zero attached hydrogens (tertiary/aromatic N) is 1. The van der Waals surface area contributed by atoms with Crippen molar-refractivity contribution in [3.8, 4) is 0 Å². The molecule has 0 atom stereocenters. The Labute approximate surface area is 176 Å². The lowest BCUT2D eigenvalue weighted by Crippen LogP contribution is -2.20. The zero-order chi connectivity index (χ0) is 21.9. The first-order chi connectivity index (χ1) is 14.1. The predicted molar refractivity (Wildman–Crippen MR) is 120 cm³/mol. The highest BCUT2D eigenvalue weighted by molar-refractivity contribution is 7.92. The van der Waals surface area contributed by atoms with Crippen molar-refractivity contribution in [2.75, 3.05) is 39.6 Å². The summed E-state index contributed by atoms with van der Waals surface area (Å²) >= 11 is 0. The van der Waals surface area contributed by atoms with E-state index in [1.807, 2.05) is 25.1 Å². The molecule has 2 aromatic carbocycles. The summed E-state index contributed by atoms with van der Waals surface area (Å²) in [4.78, 5) is 26.6. The largest absolute Gasteiger partial charge is 0.371 e. The molecule has 9 heteroatoms. The van der Waals surface area contributed by atoms with E-state index in [0.717, 1.165) is 30.6 Å². The van der Waals surface area contributed by atoms with Gasteiger partial charge in [0.15, 0.2) is 0 Å². The number of amides is 2. The van der Waals surface area contributed by atoms with Crippen LogP contribution < -0.4 is 20.3 Å². The van der Waals surface area contributed by atoms with Crippen LogP contribution in [0.3, 0.4) is 0 Å². The molecule has 2 aromatic rings. The fourth-order valence-electron chi connectivity index (χ4n) is 3.55. The van der Waals surface area contributed by atoms with Gasteiger partial charge in [0.25, 0.3) is 5.91 Å². The van der Waals surface area contributed by atoms with E-state index in [-0.39, 0.29) is 17.2 Å². The smallest absolute Gasteiger partial charge is 0.257 e. The maximum Gasteiger partial charge on any atom is 0.257 e. The van der Waals surface area contributed by atoms with Crippen LogP contribution in [0.5, 0.6) is 0 Å². The topological polar surface area (TPSA) is 108 Å². The predicted octanol–water partition coefficient (Wildman–Crippen LogP) is 3.18. The van der Waals surface area contributed by atoms with Gasteiger partial charge >= 0.3 is 0 Å². The van der Waals surface area contributed by atoms with Crippen LogP contribution in [0.2, 0.25) is 0 Å². The summed E-state index contributed by atoms with van der Waals surface area (Å²) in [6, 6.07) is 10.1. The van der Waals surface area contributed by atoms with Gasteiger partial charge in [-0.25, -0.2) is 8.42 Å². The molecule has 0 saturated carbocycles. The van der Waals surface area contributed by atoms with E-state index < -0.39 is 15.9 Å². The molecule has 1 saturated heterocycles. The number of sulfonamides is 1. The molecule has 30 heavy (non-hydrogen) atoms. The summed E-state index contributed by atoms with van der Waals surface area (Å²) in [6.07, 6.45) is 3.37. The monoisotopic (exact) mass is 430 g/mol. The van der Waals surface area contributed by atoms with E-state index in [9.17, 15) is 18.0 Å². The van der Waals surface area contributed by atoms with Gasteiger partial charge in [0, 0.05) is 37.1 Å². The molecule has 2 amide bonds. The average molecular weight is 431 g/mol. The third-order valence-corrected chi connectivity index (χ3v) is 5.37. The van der Waals surface area contributed by atoms with Crippen molar-refractivity contribution < 1.29 is 18.0 Å². The minimum absolute atomic E-state index is 0.105. The molecule has 0 aliphatic carbocycles. The lowest BCUT2D eigenvalue weighted by molar-refractivity contribution is -0.114. The Morgan fingerprint density at radius 3 is 2.20 bits per heavy atom. The second-order valence-corrected chi connectivity index (χ2v) is 9.21. The number of anilines is 4. The van der Waals surface area contributed by atoms with Crippen LogP contribution in [-0.2, 0) is 14.8 Å². The normalized spacial score (nSPS) is 13.8. The molecule has 0 unspecified atom stereocenters. The second-order valence-electron chi connectivity index (χ2n) is 7.47. The molecule has 0 bridgehead atoms. The van der Waals surface area contributed by atoms with Crippen LogP contribution in [0, 0.1) is 6.92 Å². The minimum atomic E-state index is -3.59. The summed E-state index contributed by atoms with van der Waals surface area (Å²) < 4.78 is 25.7. The molecule has 3 N–H and O–H groups in total. The lowest BCUT2D eigenvalue weighted by atomic mass is 10.1. The third-order valence-electron chi connectivity index (χ3n) is 4.78. The van der Waals surface area contributed by atoms with Crippen molar-refractivity contribution >= 4 is 44.6 Å². The van der Waals surface area contributed by atoms with E-state index in [1.165, 1.54) is 38.0 Å². The quantitative estimate of drug-likeness (QED) is 0.652. The fraction of sp³-hybridized carbons (Fsp3) is 0.333. The maximum atomic E-state index is 12.9. The molecule has 0 radical (unpaired) electrons. The van der Waals surface area contributed by atoms with Crippen LogP contribution in [0.1, 0.15) is 35.7 Å². The zero-order valence-corrected chi connectivity index (χ0v) is 18.1. The van der Waals surface area contributed by atoms with Crippen molar-refractivity contribution in [2.24, 2.45) is 0 Å². The van der Waals surface area contributed by atoms with Gasteiger partial charge in [-0.2, -0.15) is 0 Å². The summed E-state index contributed by atoms with van der Waals surface area (Å²) in [5.74, 6) is -0.778. The SMILES string of the molecule is CC(=O)Nc1ccc(NS(C)(=O)=O)c(C(=O)Nc2ccc(N3CCCC3)c(C)c2)c1. The highest BCUT2D eigenvalue weighted by Gasteiger charge is 2.18. The van der Waals surface area contributed by atoms with Crippen molar-refractivity contribution in [3.05, 3.63) is 47.5 Å². The van der Waals surface area contributed by atoms with Gasteiger partial charge < -0.3 is 15.5 Å². The summed E-state index contributed by atoms with van der Waals surface area (Å²) in [5.41, 5.74) is 3.44. The van der Waals surface area contributed by atoms with Crippen molar-refractivity contribution in [1.82, 2.24) is 0 Å². The zero-order valence-electron chi connectivity index (χ0n) is 17.3. The first kappa shape index (κ1) is 21.6. The van der Waals surface area contributed by atoms with Gasteiger partial charge in [0.2, 0.25) is 15.9 Å². The van der Waals surface area contributed by atoms with Gasteiger partial charge in [-0.3, -0.25) is 14.3 Å². The first-order valence-corrected chi connectivity index (χ1v) is 11.6. The van der Waals surface area contributed by atoms with E-state index >= 15 is 0 Å². The second kappa shape index (κ2) is 8.74. The average Bonchev–Trinajstić information content (AvgIpc) is 3.15. The molecule has 8 nitrogen and oxygen atoms in total. The number of carbonyl (C=O) groups is 2. The van der Waals surface area contributed by atoms with Crippen molar-refractivity contribution in [1.29, 1.82) is 0 Å². The third kappa shape index (κ3) is 5.50. The Bertz CT molecular complexity index is 1080. The van der Waals surface area contributed by atoms with Gasteiger partial charge in [0.1, 0.15) is 0 Å². The maximum absolute atomic E-state index is 12.9. The van der Waals surface area contributed by atoms with Gasteiger partial charge in [-0.1, -0.05) is 0 Å². The van der Waals surface area contributed by atoms with E-state index in [4.69, 9.17) is 0 Å². The van der Waals surface area contributed by atoms with Crippen LogP contribution in [-0.4, -0.2) is 39.6 Å². The van der Waals surface area contributed by atoms with Crippen LogP contribution in [0.4, 0.5) is 22.7 Å².